The van der Waals surface area contributed by atoms with Gasteiger partial charge in [0.2, 0.25) is 5.91 Å². The van der Waals surface area contributed by atoms with Gasteiger partial charge < -0.3 is 15.8 Å². The maximum Gasteiger partial charge on any atom is 0.234 e. The van der Waals surface area contributed by atoms with Gasteiger partial charge in [0.05, 0.1) is 12.6 Å². The summed E-state index contributed by atoms with van der Waals surface area (Å²) in [6.07, 6.45) is 2.78. The first-order valence-electron chi connectivity index (χ1n) is 5.19. The number of amides is 1. The van der Waals surface area contributed by atoms with E-state index in [0.717, 1.165) is 19.3 Å². The first kappa shape index (κ1) is 13.4. The lowest BCUT2D eigenvalue weighted by molar-refractivity contribution is -0.120. The van der Waals surface area contributed by atoms with E-state index in [1.54, 1.807) is 7.11 Å². The molecule has 2 atom stereocenters. The van der Waals surface area contributed by atoms with Crippen molar-refractivity contribution in [2.75, 3.05) is 13.7 Å². The number of carbonyl (C=O) groups excluding carboxylic acids is 1. The number of primary amides is 1. The molecule has 0 fully saturated rings. The van der Waals surface area contributed by atoms with Crippen LogP contribution in [0.4, 0.5) is 0 Å². The zero-order valence-electron chi connectivity index (χ0n) is 9.38. The number of hydrogen-bond acceptors (Lipinski definition) is 3. The molecule has 3 N–H and O–H groups in total. The third kappa shape index (κ3) is 5.19. The fraction of sp³-hybridized carbons (Fsp3) is 0.900. The van der Waals surface area contributed by atoms with E-state index < -0.39 is 0 Å². The largest absolute Gasteiger partial charge is 0.383 e. The molecule has 0 radical (unpaired) electrons. The summed E-state index contributed by atoms with van der Waals surface area (Å²) in [7, 11) is 1.66. The van der Waals surface area contributed by atoms with E-state index in [9.17, 15) is 4.79 Å². The molecule has 1 amide bonds. The van der Waals surface area contributed by atoms with Crippen LogP contribution in [0.15, 0.2) is 0 Å². The van der Waals surface area contributed by atoms with Crippen molar-refractivity contribution < 1.29 is 9.53 Å². The number of hydrogen-bond donors (Lipinski definition) is 2. The normalized spacial score (nSPS) is 15.1. The number of rotatable bonds is 8. The number of nitrogens with two attached hydrogens (primary N) is 1. The Balaban J connectivity index is 4.03. The molecule has 0 saturated carbocycles. The van der Waals surface area contributed by atoms with Gasteiger partial charge in [0.25, 0.3) is 0 Å². The van der Waals surface area contributed by atoms with Crippen molar-refractivity contribution in [3.05, 3.63) is 0 Å². The average molecular weight is 202 g/mol. The van der Waals surface area contributed by atoms with Gasteiger partial charge in [-0.05, 0) is 12.8 Å². The molecule has 2 unspecified atom stereocenters. The van der Waals surface area contributed by atoms with Crippen molar-refractivity contribution in [1.82, 2.24) is 5.32 Å². The zero-order valence-corrected chi connectivity index (χ0v) is 9.38. The molecule has 14 heavy (non-hydrogen) atoms. The summed E-state index contributed by atoms with van der Waals surface area (Å²) in [5.41, 5.74) is 5.25. The second kappa shape index (κ2) is 7.76. The predicted molar refractivity (Wildman–Crippen MR) is 57.0 cm³/mol. The van der Waals surface area contributed by atoms with Crippen molar-refractivity contribution in [3.8, 4) is 0 Å². The van der Waals surface area contributed by atoms with E-state index in [2.05, 4.69) is 12.2 Å². The minimum Gasteiger partial charge on any atom is -0.383 e. The Morgan fingerprint density at radius 1 is 1.50 bits per heavy atom. The van der Waals surface area contributed by atoms with Gasteiger partial charge in [0, 0.05) is 13.2 Å². The van der Waals surface area contributed by atoms with E-state index in [1.165, 1.54) is 0 Å². The minimum absolute atomic E-state index is 0.224. The van der Waals surface area contributed by atoms with Crippen molar-refractivity contribution in [1.29, 1.82) is 0 Å². The van der Waals surface area contributed by atoms with E-state index >= 15 is 0 Å². The molecule has 0 aliphatic rings. The molecule has 0 aromatic carbocycles. The van der Waals surface area contributed by atoms with Gasteiger partial charge in [-0.25, -0.2) is 0 Å². The van der Waals surface area contributed by atoms with Crippen LogP contribution in [0.25, 0.3) is 0 Å². The molecule has 0 aromatic heterocycles. The van der Waals surface area contributed by atoms with Crippen molar-refractivity contribution in [2.45, 2.75) is 45.2 Å². The lowest BCUT2D eigenvalue weighted by Crippen LogP contribution is -2.47. The third-order valence-corrected chi connectivity index (χ3v) is 2.19. The van der Waals surface area contributed by atoms with Gasteiger partial charge in [-0.3, -0.25) is 4.79 Å². The molecule has 0 aliphatic carbocycles. The Labute approximate surface area is 86.2 Å². The molecule has 0 aromatic rings. The van der Waals surface area contributed by atoms with E-state index in [1.807, 2.05) is 6.92 Å². The molecule has 84 valence electrons. The van der Waals surface area contributed by atoms with Crippen LogP contribution in [0.1, 0.15) is 33.1 Å². The number of methoxy groups -OCH3 is 1. The SMILES string of the molecule is CCCC(COC)NC(CC)C(N)=O. The monoisotopic (exact) mass is 202 g/mol. The second-order valence-electron chi connectivity index (χ2n) is 3.47. The predicted octanol–water partition coefficient (Wildman–Crippen LogP) is 0.655. The van der Waals surface area contributed by atoms with Crippen LogP contribution in [0, 0.1) is 0 Å². The van der Waals surface area contributed by atoms with Crippen molar-refractivity contribution >= 4 is 5.91 Å². The van der Waals surface area contributed by atoms with E-state index in [4.69, 9.17) is 10.5 Å². The van der Waals surface area contributed by atoms with E-state index in [0.29, 0.717) is 6.61 Å². The lowest BCUT2D eigenvalue weighted by atomic mass is 10.1. The van der Waals surface area contributed by atoms with Crippen LogP contribution >= 0.6 is 0 Å². The summed E-state index contributed by atoms with van der Waals surface area (Å²) < 4.78 is 5.07. The molecule has 0 saturated heterocycles. The molecule has 4 nitrogen and oxygen atoms in total. The highest BCUT2D eigenvalue weighted by molar-refractivity contribution is 5.79. The summed E-state index contributed by atoms with van der Waals surface area (Å²) in [5, 5.41) is 3.21. The van der Waals surface area contributed by atoms with Crippen molar-refractivity contribution in [3.63, 3.8) is 0 Å². The van der Waals surface area contributed by atoms with Crippen LogP contribution in [-0.2, 0) is 9.53 Å². The molecule has 0 heterocycles. The number of carbonyl (C=O) groups is 1. The number of ether oxygens (including phenoxy) is 1. The van der Waals surface area contributed by atoms with E-state index in [-0.39, 0.29) is 18.0 Å². The molecule has 4 heteroatoms. The van der Waals surface area contributed by atoms with Crippen LogP contribution < -0.4 is 11.1 Å². The molecular weight excluding hydrogens is 180 g/mol. The highest BCUT2D eigenvalue weighted by Crippen LogP contribution is 2.00. The zero-order chi connectivity index (χ0) is 11.0. The second-order valence-corrected chi connectivity index (χ2v) is 3.47. The molecule has 0 rings (SSSR count). The van der Waals surface area contributed by atoms with Crippen LogP contribution in [-0.4, -0.2) is 31.7 Å². The first-order chi connectivity index (χ1) is 6.65. The minimum atomic E-state index is -0.287. The molecule has 0 spiro atoms. The Morgan fingerprint density at radius 2 is 2.14 bits per heavy atom. The Bertz CT molecular complexity index is 156. The topological polar surface area (TPSA) is 64.3 Å². The van der Waals surface area contributed by atoms with Crippen LogP contribution in [0.3, 0.4) is 0 Å². The Kier molecular flexibility index (Phi) is 7.42. The fourth-order valence-corrected chi connectivity index (χ4v) is 1.45. The van der Waals surface area contributed by atoms with Gasteiger partial charge in [-0.15, -0.1) is 0 Å². The third-order valence-electron chi connectivity index (χ3n) is 2.19. The smallest absolute Gasteiger partial charge is 0.234 e. The van der Waals surface area contributed by atoms with Crippen LogP contribution in [0.5, 0.6) is 0 Å². The quantitative estimate of drug-likeness (QED) is 0.607. The average Bonchev–Trinajstić information content (AvgIpc) is 2.14. The first-order valence-corrected chi connectivity index (χ1v) is 5.19. The van der Waals surface area contributed by atoms with Gasteiger partial charge in [-0.1, -0.05) is 20.3 Å². The maximum absolute atomic E-state index is 11.0. The number of nitrogens with one attached hydrogen (secondary N) is 1. The summed E-state index contributed by atoms with van der Waals surface area (Å²) in [5.74, 6) is -0.287. The molecular formula is C10H22N2O2. The Hall–Kier alpha value is -0.610. The van der Waals surface area contributed by atoms with Gasteiger partial charge in [0.1, 0.15) is 0 Å². The van der Waals surface area contributed by atoms with Crippen molar-refractivity contribution in [2.24, 2.45) is 5.73 Å². The standard InChI is InChI=1S/C10H22N2O2/c1-4-6-8(7-14-3)12-9(5-2)10(11)13/h8-9,12H,4-7H2,1-3H3,(H2,11,13). The summed E-state index contributed by atoms with van der Waals surface area (Å²) in [6, 6.07) is -0.0100. The summed E-state index contributed by atoms with van der Waals surface area (Å²) in [4.78, 5) is 11.0. The molecule has 0 aliphatic heterocycles. The lowest BCUT2D eigenvalue weighted by Gasteiger charge is -2.22. The Morgan fingerprint density at radius 3 is 2.50 bits per heavy atom. The summed E-state index contributed by atoms with van der Waals surface area (Å²) in [6.45, 7) is 4.67. The highest BCUT2D eigenvalue weighted by Gasteiger charge is 2.17. The highest BCUT2D eigenvalue weighted by atomic mass is 16.5. The fourth-order valence-electron chi connectivity index (χ4n) is 1.45. The van der Waals surface area contributed by atoms with Gasteiger partial charge in [-0.2, -0.15) is 0 Å². The van der Waals surface area contributed by atoms with Gasteiger partial charge in [0.15, 0.2) is 0 Å². The van der Waals surface area contributed by atoms with Gasteiger partial charge >= 0.3 is 0 Å². The maximum atomic E-state index is 11.0. The van der Waals surface area contributed by atoms with Crippen LogP contribution in [0.2, 0.25) is 0 Å². The molecule has 0 bridgehead atoms. The summed E-state index contributed by atoms with van der Waals surface area (Å²) >= 11 is 0.